The first-order chi connectivity index (χ1) is 18.2. The Balaban J connectivity index is 0.00000420. The molecule has 0 bridgehead atoms. The van der Waals surface area contributed by atoms with E-state index in [2.05, 4.69) is 20.8 Å². The van der Waals surface area contributed by atoms with Gasteiger partial charge in [-0.15, -0.1) is 0 Å². The van der Waals surface area contributed by atoms with Gasteiger partial charge in [-0.1, -0.05) is 81.4 Å². The Bertz CT molecular complexity index is 1370. The first kappa shape index (κ1) is 30.7. The van der Waals surface area contributed by atoms with Crippen molar-refractivity contribution in [2.24, 2.45) is 0 Å². The van der Waals surface area contributed by atoms with Crippen molar-refractivity contribution in [3.63, 3.8) is 0 Å². The van der Waals surface area contributed by atoms with Gasteiger partial charge in [0.15, 0.2) is 0 Å². The Hall–Kier alpha value is -2.87. The Kier molecular flexibility index (Phi) is 11.0. The summed E-state index contributed by atoms with van der Waals surface area (Å²) in [7, 11) is 0. The second kappa shape index (κ2) is 14.0. The molecule has 0 spiro atoms. The van der Waals surface area contributed by atoms with Gasteiger partial charge in [-0.05, 0) is 34.7 Å². The van der Waals surface area contributed by atoms with Gasteiger partial charge in [0.05, 0.1) is 12.2 Å². The fourth-order valence-corrected chi connectivity index (χ4v) is 3.87. The molecule has 0 saturated carbocycles. The van der Waals surface area contributed by atoms with Crippen LogP contribution in [-0.4, -0.2) is 58.6 Å². The van der Waals surface area contributed by atoms with Crippen molar-refractivity contribution < 1.29 is 23.8 Å². The normalized spacial score (nSPS) is 11.1. The zero-order valence-corrected chi connectivity index (χ0v) is 22.0. The van der Waals surface area contributed by atoms with Gasteiger partial charge in [-0.3, -0.25) is 4.79 Å². The Labute approximate surface area is 258 Å². The second-order valence-corrected chi connectivity index (χ2v) is 10.3. The third-order valence-corrected chi connectivity index (χ3v) is 6.13. The number of aliphatic carboxylic acids is 1. The molecule has 6 nitrogen and oxygen atoms in total. The quantitative estimate of drug-likeness (QED) is 0.242. The second-order valence-electron chi connectivity index (χ2n) is 10.3. The monoisotopic (exact) mass is 558 g/mol. The van der Waals surface area contributed by atoms with Crippen LogP contribution in [0.1, 0.15) is 55.1 Å². The van der Waals surface area contributed by atoms with Crippen LogP contribution in [0.15, 0.2) is 78.9 Å². The Morgan fingerprint density at radius 2 is 1.54 bits per heavy atom. The van der Waals surface area contributed by atoms with Gasteiger partial charge in [0.25, 0.3) is 0 Å². The fraction of sp³-hybridized carbons (Fsp3) is 0.290. The van der Waals surface area contributed by atoms with Crippen molar-refractivity contribution in [3.8, 4) is 11.6 Å². The van der Waals surface area contributed by atoms with Crippen LogP contribution in [0.2, 0.25) is 0 Å². The molecule has 0 aliphatic heterocycles. The number of ether oxygens (including phenoxy) is 2. The molecule has 0 saturated heterocycles. The summed E-state index contributed by atoms with van der Waals surface area (Å²) in [5, 5.41) is 13.6. The first-order valence-electron chi connectivity index (χ1n) is 12.6. The number of aryl methyl sites for hydroxylation is 1. The van der Waals surface area contributed by atoms with Crippen molar-refractivity contribution >= 4 is 43.7 Å². The number of carbonyl (C=O) groups is 1. The third kappa shape index (κ3) is 9.09. The SMILES string of the molecule is CC(C)(C)c1cc(OCc2ccccc2)n(Cc2ccc(COc3ccc(CCC(=O)O)c(F)c3)cc2)n1.[CaH2]. The summed E-state index contributed by atoms with van der Waals surface area (Å²) >= 11 is 0. The van der Waals surface area contributed by atoms with Gasteiger partial charge in [0.1, 0.15) is 24.8 Å². The average Bonchev–Trinajstić information content (AvgIpc) is 3.30. The van der Waals surface area contributed by atoms with E-state index in [-0.39, 0.29) is 62.6 Å². The molecule has 202 valence electrons. The first-order valence-corrected chi connectivity index (χ1v) is 12.6. The average molecular weight is 559 g/mol. The van der Waals surface area contributed by atoms with E-state index < -0.39 is 11.8 Å². The molecule has 3 aromatic carbocycles. The van der Waals surface area contributed by atoms with Crippen molar-refractivity contribution in [1.82, 2.24) is 9.78 Å². The number of hydrogen-bond donors (Lipinski definition) is 1. The van der Waals surface area contributed by atoms with E-state index in [1.54, 1.807) is 12.1 Å². The van der Waals surface area contributed by atoms with Crippen molar-refractivity contribution in [2.75, 3.05) is 0 Å². The number of nitrogens with zero attached hydrogens (tertiary/aromatic N) is 2. The summed E-state index contributed by atoms with van der Waals surface area (Å²) in [4.78, 5) is 10.7. The number of carboxylic acids is 1. The van der Waals surface area contributed by atoms with E-state index in [1.807, 2.05) is 65.3 Å². The number of rotatable bonds is 11. The van der Waals surface area contributed by atoms with Crippen LogP contribution in [0.3, 0.4) is 0 Å². The van der Waals surface area contributed by atoms with Crippen molar-refractivity contribution in [3.05, 3.63) is 113 Å². The van der Waals surface area contributed by atoms with E-state index in [9.17, 15) is 9.18 Å². The van der Waals surface area contributed by atoms with Crippen LogP contribution < -0.4 is 9.47 Å². The van der Waals surface area contributed by atoms with Crippen LogP contribution in [0.5, 0.6) is 11.6 Å². The van der Waals surface area contributed by atoms with Crippen LogP contribution >= 0.6 is 0 Å². The van der Waals surface area contributed by atoms with Gasteiger partial charge in [-0.25, -0.2) is 9.07 Å². The van der Waals surface area contributed by atoms with Gasteiger partial charge >= 0.3 is 43.7 Å². The summed E-state index contributed by atoms with van der Waals surface area (Å²) in [6.07, 6.45) is 0.0373. The molecule has 0 radical (unpaired) electrons. The molecule has 0 aliphatic carbocycles. The molecule has 39 heavy (non-hydrogen) atoms. The molecule has 1 heterocycles. The predicted octanol–water partition coefficient (Wildman–Crippen LogP) is 5.63. The number of carboxylic acid groups (broad SMARTS) is 1. The molecule has 0 fully saturated rings. The summed E-state index contributed by atoms with van der Waals surface area (Å²) in [6.45, 7) is 7.70. The topological polar surface area (TPSA) is 73.6 Å². The summed E-state index contributed by atoms with van der Waals surface area (Å²) in [5.74, 6) is -0.290. The minimum atomic E-state index is -0.952. The van der Waals surface area contributed by atoms with E-state index in [1.165, 1.54) is 6.07 Å². The van der Waals surface area contributed by atoms with Crippen molar-refractivity contribution in [1.29, 1.82) is 0 Å². The molecule has 4 aromatic rings. The van der Waals surface area contributed by atoms with E-state index in [0.29, 0.717) is 24.5 Å². The molecule has 1 aromatic heterocycles. The van der Waals surface area contributed by atoms with Gasteiger partial charge < -0.3 is 14.6 Å². The number of benzene rings is 3. The molecule has 0 unspecified atom stereocenters. The summed E-state index contributed by atoms with van der Waals surface area (Å²) < 4.78 is 28.0. The molecule has 8 heteroatoms. The maximum atomic E-state index is 14.3. The number of aromatic nitrogens is 2. The number of hydrogen-bond acceptors (Lipinski definition) is 4. The van der Waals surface area contributed by atoms with Gasteiger partial charge in [-0.2, -0.15) is 5.10 Å². The van der Waals surface area contributed by atoms with Crippen LogP contribution in [0.4, 0.5) is 4.39 Å². The van der Waals surface area contributed by atoms with Crippen LogP contribution in [0.25, 0.3) is 0 Å². The molecular formula is C31H35CaFN2O4. The third-order valence-electron chi connectivity index (χ3n) is 6.13. The molecule has 0 aliphatic rings. The molecular weight excluding hydrogens is 523 g/mol. The number of halogens is 1. The Morgan fingerprint density at radius 3 is 2.18 bits per heavy atom. The van der Waals surface area contributed by atoms with E-state index in [4.69, 9.17) is 19.7 Å². The van der Waals surface area contributed by atoms with E-state index >= 15 is 0 Å². The summed E-state index contributed by atoms with van der Waals surface area (Å²) in [5.41, 5.74) is 4.33. The minimum absolute atomic E-state index is 0. The molecule has 1 N–H and O–H groups in total. The molecule has 0 atom stereocenters. The zero-order chi connectivity index (χ0) is 27.1. The van der Waals surface area contributed by atoms with Gasteiger partial charge in [0.2, 0.25) is 5.88 Å². The van der Waals surface area contributed by atoms with Crippen LogP contribution in [-0.2, 0) is 36.4 Å². The standard InChI is InChI=1S/C31H33FN2O4.Ca.2H/c1-31(2,3)28-18-29(38-21-23-7-5-4-6-8-23)34(33-28)19-22-9-11-24(12-10-22)20-37-26-15-13-25(27(32)17-26)14-16-30(35)36;;;/h4-13,15,17-18H,14,16,19-21H2,1-3H3,(H,35,36);;;. The molecule has 0 amide bonds. The maximum absolute atomic E-state index is 14.3. The van der Waals surface area contributed by atoms with Crippen molar-refractivity contribution in [2.45, 2.75) is 58.8 Å². The Morgan fingerprint density at radius 1 is 0.897 bits per heavy atom. The summed E-state index contributed by atoms with van der Waals surface area (Å²) in [6, 6.07) is 24.6. The van der Waals surface area contributed by atoms with E-state index in [0.717, 1.165) is 28.3 Å². The predicted molar refractivity (Wildman–Crippen MR) is 152 cm³/mol. The van der Waals surface area contributed by atoms with Gasteiger partial charge in [0, 0.05) is 24.0 Å². The molecule has 4 rings (SSSR count). The van der Waals surface area contributed by atoms with Crippen LogP contribution in [0, 0.1) is 5.82 Å². The fourth-order valence-electron chi connectivity index (χ4n) is 3.87. The zero-order valence-electron chi connectivity index (χ0n) is 22.0.